The van der Waals surface area contributed by atoms with Crippen molar-refractivity contribution in [2.45, 2.75) is 49.7 Å². The van der Waals surface area contributed by atoms with Crippen LogP contribution in [0.2, 0.25) is 0 Å². The number of anilines is 1. The number of hydrogen-bond donors (Lipinski definition) is 1. The number of hydrogen-bond acceptors (Lipinski definition) is 3. The van der Waals surface area contributed by atoms with Crippen LogP contribution in [0.4, 0.5) is 18.9 Å². The lowest BCUT2D eigenvalue weighted by atomic mass is 10.00. The number of carbonyl (C=O) groups is 2. The number of piperidine rings is 1. The summed E-state index contributed by atoms with van der Waals surface area (Å²) < 4.78 is 38.4. The molecular weight excluding hydrogens is 365 g/mol. The van der Waals surface area contributed by atoms with Crippen molar-refractivity contribution >= 4 is 29.3 Å². The number of likely N-dealkylation sites (tertiary alicyclic amines) is 1. The summed E-state index contributed by atoms with van der Waals surface area (Å²) in [5.41, 5.74) is -0.705. The first-order valence-corrected chi connectivity index (χ1v) is 9.34. The third-order valence-electron chi connectivity index (χ3n) is 4.63. The number of nitrogens with one attached hydrogen (secondary N) is 1. The second kappa shape index (κ2) is 7.34. The van der Waals surface area contributed by atoms with Crippen LogP contribution in [-0.4, -0.2) is 29.3 Å². The maximum absolute atomic E-state index is 12.8. The fourth-order valence-electron chi connectivity index (χ4n) is 3.25. The average Bonchev–Trinajstić information content (AvgIpc) is 2.61. The molecule has 0 bridgehead atoms. The van der Waals surface area contributed by atoms with E-state index in [9.17, 15) is 22.8 Å². The van der Waals surface area contributed by atoms with E-state index in [1.54, 1.807) is 4.90 Å². The van der Waals surface area contributed by atoms with Crippen molar-refractivity contribution < 1.29 is 22.8 Å². The van der Waals surface area contributed by atoms with Crippen LogP contribution in [0.5, 0.6) is 0 Å². The summed E-state index contributed by atoms with van der Waals surface area (Å²) in [7, 11) is 0. The van der Waals surface area contributed by atoms with Crippen LogP contribution in [0.15, 0.2) is 34.1 Å². The molecule has 1 fully saturated rings. The Balaban J connectivity index is 1.81. The molecule has 0 spiro atoms. The summed E-state index contributed by atoms with van der Waals surface area (Å²) in [6.45, 7) is 2.69. The summed E-state index contributed by atoms with van der Waals surface area (Å²) in [5.74, 6) is -0.773. The van der Waals surface area contributed by atoms with Gasteiger partial charge in [0.2, 0.25) is 5.91 Å². The Labute approximate surface area is 153 Å². The molecule has 0 radical (unpaired) electrons. The Hall–Kier alpha value is -1.96. The molecule has 1 aromatic carbocycles. The highest BCUT2D eigenvalue weighted by molar-refractivity contribution is 8.04. The van der Waals surface area contributed by atoms with Gasteiger partial charge in [-0.2, -0.15) is 13.2 Å². The first-order valence-electron chi connectivity index (χ1n) is 8.52. The average molecular weight is 384 g/mol. The predicted molar refractivity (Wildman–Crippen MR) is 93.7 cm³/mol. The molecule has 140 valence electrons. The second-order valence-corrected chi connectivity index (χ2v) is 7.45. The molecular formula is C18H19F3N2O2S. The van der Waals surface area contributed by atoms with Crippen molar-refractivity contribution in [3.8, 4) is 0 Å². The largest absolute Gasteiger partial charge is 0.416 e. The maximum Gasteiger partial charge on any atom is 0.416 e. The fourth-order valence-corrected chi connectivity index (χ4v) is 4.14. The molecule has 1 N–H and O–H groups in total. The topological polar surface area (TPSA) is 49.4 Å². The summed E-state index contributed by atoms with van der Waals surface area (Å²) in [4.78, 5) is 27.3. The number of rotatable bonds is 2. The van der Waals surface area contributed by atoms with Crippen LogP contribution in [-0.2, 0) is 15.8 Å². The number of alkyl halides is 3. The first-order chi connectivity index (χ1) is 12.3. The summed E-state index contributed by atoms with van der Waals surface area (Å²) >= 11 is 1.02. The molecule has 26 heavy (non-hydrogen) atoms. The smallest absolute Gasteiger partial charge is 0.336 e. The first kappa shape index (κ1) is 18.8. The molecule has 0 aromatic heterocycles. The predicted octanol–water partition coefficient (Wildman–Crippen LogP) is 4.42. The molecule has 2 amide bonds. The van der Waals surface area contributed by atoms with Crippen LogP contribution in [0, 0.1) is 0 Å². The number of thioether (sulfide) groups is 1. The van der Waals surface area contributed by atoms with Crippen molar-refractivity contribution in [2.75, 3.05) is 11.9 Å². The number of carbonyl (C=O) groups excluding carboxylic acids is 2. The van der Waals surface area contributed by atoms with E-state index in [0.29, 0.717) is 11.4 Å². The van der Waals surface area contributed by atoms with E-state index in [0.717, 1.165) is 49.6 Å². The fraction of sp³-hybridized carbons (Fsp3) is 0.444. The van der Waals surface area contributed by atoms with E-state index >= 15 is 0 Å². The van der Waals surface area contributed by atoms with Crippen molar-refractivity contribution in [3.05, 3.63) is 34.7 Å². The standard InChI is InChI=1S/C18H19F3N2O2S/c1-2-12-5-3-4-8-23(12)16(24)10-15-17(25)22-13-9-11(18(19,20)21)6-7-14(13)26-15/h6-7,9-10,12H,2-5,8H2,1H3,(H,22,25)/b15-10+. The van der Waals surface area contributed by atoms with Gasteiger partial charge in [0.15, 0.2) is 0 Å². The molecule has 1 saturated heterocycles. The molecule has 0 aliphatic carbocycles. The lowest BCUT2D eigenvalue weighted by molar-refractivity contribution is -0.137. The van der Waals surface area contributed by atoms with Gasteiger partial charge in [0.05, 0.1) is 16.2 Å². The monoisotopic (exact) mass is 384 g/mol. The Kier molecular flexibility index (Phi) is 5.32. The van der Waals surface area contributed by atoms with Gasteiger partial charge in [0.25, 0.3) is 5.91 Å². The van der Waals surface area contributed by atoms with E-state index in [-0.39, 0.29) is 22.5 Å². The number of halogens is 3. The Morgan fingerprint density at radius 1 is 1.38 bits per heavy atom. The minimum absolute atomic E-state index is 0.115. The lowest BCUT2D eigenvalue weighted by Gasteiger charge is -2.34. The second-order valence-electron chi connectivity index (χ2n) is 6.36. The summed E-state index contributed by atoms with van der Waals surface area (Å²) in [5, 5.41) is 2.46. The molecule has 4 nitrogen and oxygen atoms in total. The maximum atomic E-state index is 12.8. The SMILES string of the molecule is CCC1CCCCN1C(=O)/C=C1/Sc2ccc(C(F)(F)F)cc2NC1=O. The van der Waals surface area contributed by atoms with Gasteiger partial charge in [-0.15, -0.1) is 0 Å². The van der Waals surface area contributed by atoms with E-state index in [2.05, 4.69) is 5.32 Å². The van der Waals surface area contributed by atoms with Crippen molar-refractivity contribution in [2.24, 2.45) is 0 Å². The van der Waals surface area contributed by atoms with Gasteiger partial charge >= 0.3 is 6.18 Å². The zero-order valence-electron chi connectivity index (χ0n) is 14.2. The summed E-state index contributed by atoms with van der Waals surface area (Å²) in [6, 6.07) is 3.37. The number of amides is 2. The van der Waals surface area contributed by atoms with Crippen LogP contribution in [0.25, 0.3) is 0 Å². The van der Waals surface area contributed by atoms with Crippen LogP contribution >= 0.6 is 11.8 Å². The number of benzene rings is 1. The number of fused-ring (bicyclic) bond motifs is 1. The van der Waals surface area contributed by atoms with Crippen molar-refractivity contribution in [1.82, 2.24) is 4.90 Å². The highest BCUT2D eigenvalue weighted by Gasteiger charge is 2.33. The quantitative estimate of drug-likeness (QED) is 0.768. The Morgan fingerprint density at radius 2 is 2.15 bits per heavy atom. The molecule has 2 aliphatic rings. The molecule has 0 saturated carbocycles. The van der Waals surface area contributed by atoms with Gasteiger partial charge in [-0.3, -0.25) is 9.59 Å². The van der Waals surface area contributed by atoms with E-state index in [1.165, 1.54) is 12.1 Å². The van der Waals surface area contributed by atoms with Crippen LogP contribution in [0.1, 0.15) is 38.2 Å². The third-order valence-corrected chi connectivity index (χ3v) is 5.73. The van der Waals surface area contributed by atoms with Gasteiger partial charge < -0.3 is 10.2 Å². The lowest BCUT2D eigenvalue weighted by Crippen LogP contribution is -2.42. The van der Waals surface area contributed by atoms with E-state index < -0.39 is 17.6 Å². The van der Waals surface area contributed by atoms with Gasteiger partial charge in [-0.05, 0) is 43.9 Å². The molecule has 3 rings (SSSR count). The molecule has 1 unspecified atom stereocenters. The normalized spacial score (nSPS) is 22.2. The van der Waals surface area contributed by atoms with Gasteiger partial charge in [-0.25, -0.2) is 0 Å². The van der Waals surface area contributed by atoms with Gasteiger partial charge in [0, 0.05) is 23.6 Å². The van der Waals surface area contributed by atoms with Crippen molar-refractivity contribution in [1.29, 1.82) is 0 Å². The van der Waals surface area contributed by atoms with Gasteiger partial charge in [-0.1, -0.05) is 18.7 Å². The third kappa shape index (κ3) is 3.90. The Morgan fingerprint density at radius 3 is 2.85 bits per heavy atom. The minimum Gasteiger partial charge on any atom is -0.336 e. The summed E-state index contributed by atoms with van der Waals surface area (Å²) in [6.07, 6.45) is 0.663. The van der Waals surface area contributed by atoms with Crippen LogP contribution < -0.4 is 5.32 Å². The molecule has 1 aromatic rings. The molecule has 2 aliphatic heterocycles. The zero-order valence-corrected chi connectivity index (χ0v) is 15.0. The highest BCUT2D eigenvalue weighted by atomic mass is 32.2. The molecule has 2 heterocycles. The number of nitrogens with zero attached hydrogens (tertiary/aromatic N) is 1. The Bertz CT molecular complexity index is 761. The van der Waals surface area contributed by atoms with E-state index in [4.69, 9.17) is 0 Å². The molecule has 8 heteroatoms. The highest BCUT2D eigenvalue weighted by Crippen LogP contribution is 2.41. The zero-order chi connectivity index (χ0) is 18.9. The molecule has 1 atom stereocenters. The van der Waals surface area contributed by atoms with Crippen LogP contribution in [0.3, 0.4) is 0 Å². The van der Waals surface area contributed by atoms with E-state index in [1.807, 2.05) is 6.92 Å². The van der Waals surface area contributed by atoms with Crippen molar-refractivity contribution in [3.63, 3.8) is 0 Å². The van der Waals surface area contributed by atoms with Gasteiger partial charge in [0.1, 0.15) is 0 Å². The minimum atomic E-state index is -4.47.